The van der Waals surface area contributed by atoms with Crippen molar-refractivity contribution in [1.29, 1.82) is 0 Å². The van der Waals surface area contributed by atoms with E-state index >= 15 is 0 Å². The van der Waals surface area contributed by atoms with Gasteiger partial charge < -0.3 is 0 Å². The monoisotopic (exact) mass is 237 g/mol. The summed E-state index contributed by atoms with van der Waals surface area (Å²) in [6, 6.07) is 22.9. The highest BCUT2D eigenvalue weighted by molar-refractivity contribution is 5.18. The molecule has 0 amide bonds. The summed E-state index contributed by atoms with van der Waals surface area (Å²) in [5.74, 6) is 0. The predicted octanol–water partition coefficient (Wildman–Crippen LogP) is 1.16. The van der Waals surface area contributed by atoms with E-state index in [2.05, 4.69) is 35.7 Å². The zero-order valence-corrected chi connectivity index (χ0v) is 10.3. The molecule has 1 atom stereocenters. The van der Waals surface area contributed by atoms with Crippen LogP contribution in [-0.4, -0.2) is 6.04 Å². The van der Waals surface area contributed by atoms with Gasteiger partial charge in [0.05, 0.1) is 0 Å². The molecule has 0 spiro atoms. The summed E-state index contributed by atoms with van der Waals surface area (Å²) in [7, 11) is 0. The third-order valence-corrected chi connectivity index (χ3v) is 2.85. The number of benzene rings is 2. The molecule has 0 unspecified atom stereocenters. The Morgan fingerprint density at radius 2 is 1.44 bits per heavy atom. The van der Waals surface area contributed by atoms with Gasteiger partial charge in [0.1, 0.15) is 6.04 Å². The second-order valence-electron chi connectivity index (χ2n) is 4.25. The van der Waals surface area contributed by atoms with E-state index in [0.29, 0.717) is 0 Å². The van der Waals surface area contributed by atoms with Crippen molar-refractivity contribution in [3.05, 3.63) is 71.8 Å². The Labute approximate surface area is 108 Å². The standard InChI is InChI=1S/C16H16N2/c17-12-16(11-14-7-3-1-4-8-14)18-13-15-9-5-2-6-10-15/h1-10,16,18H,11,13H2/p+1/t16-/m0/s1. The zero-order chi connectivity index (χ0) is 12.6. The minimum Gasteiger partial charge on any atom is -0.294 e. The van der Waals surface area contributed by atoms with Crippen LogP contribution in [0.3, 0.4) is 0 Å². The van der Waals surface area contributed by atoms with Gasteiger partial charge in [-0.25, -0.2) is 0 Å². The lowest BCUT2D eigenvalue weighted by molar-refractivity contribution is -0.0968. The summed E-state index contributed by atoms with van der Waals surface area (Å²) >= 11 is 0. The Balaban J connectivity index is 1.89. The Morgan fingerprint density at radius 1 is 0.889 bits per heavy atom. The summed E-state index contributed by atoms with van der Waals surface area (Å²) in [5, 5.41) is 10.7. The Bertz CT molecular complexity index is 500. The summed E-state index contributed by atoms with van der Waals surface area (Å²) in [4.78, 5) is 0. The van der Waals surface area contributed by atoms with Crippen molar-refractivity contribution in [2.45, 2.75) is 19.0 Å². The quantitative estimate of drug-likeness (QED) is 0.804. The van der Waals surface area contributed by atoms with Crippen LogP contribution >= 0.6 is 0 Å². The van der Waals surface area contributed by atoms with Crippen molar-refractivity contribution < 1.29 is 5.26 Å². The molecule has 2 heteroatoms. The van der Waals surface area contributed by atoms with Crippen LogP contribution in [0.4, 0.5) is 0 Å². The molecular weight excluding hydrogens is 220 g/mol. The predicted molar refractivity (Wildman–Crippen MR) is 72.1 cm³/mol. The molecule has 0 fully saturated rings. The van der Waals surface area contributed by atoms with Crippen molar-refractivity contribution in [2.24, 2.45) is 0 Å². The fourth-order valence-corrected chi connectivity index (χ4v) is 1.86. The molecule has 90 valence electrons. The fourth-order valence-electron chi connectivity index (χ4n) is 1.86. The van der Waals surface area contributed by atoms with E-state index in [-0.39, 0.29) is 6.04 Å². The first-order chi connectivity index (χ1) is 8.88. The lowest BCUT2D eigenvalue weighted by Gasteiger charge is -2.09. The van der Waals surface area contributed by atoms with Crippen molar-refractivity contribution >= 4 is 0 Å². The Kier molecular flexibility index (Phi) is 4.52. The lowest BCUT2D eigenvalue weighted by Crippen LogP contribution is -2.35. The molecule has 0 heterocycles. The highest BCUT2D eigenvalue weighted by Crippen LogP contribution is 2.04. The summed E-state index contributed by atoms with van der Waals surface area (Å²) in [5.41, 5.74) is 2.45. The Hall–Kier alpha value is -2.11. The maximum atomic E-state index is 7.36. The molecular formula is C16H17N2+. The maximum absolute atomic E-state index is 7.36. The normalized spacial score (nSPS) is 11.7. The minimum absolute atomic E-state index is 0.0346. The summed E-state index contributed by atoms with van der Waals surface area (Å²) < 4.78 is 0. The molecule has 0 saturated carbocycles. The van der Waals surface area contributed by atoms with E-state index in [1.165, 1.54) is 11.1 Å². The molecule has 0 radical (unpaired) electrons. The van der Waals surface area contributed by atoms with Gasteiger partial charge in [0.15, 0.2) is 0 Å². The first-order valence-electron chi connectivity index (χ1n) is 6.12. The first kappa shape index (κ1) is 12.3. The summed E-state index contributed by atoms with van der Waals surface area (Å²) in [6.45, 7) is 0.768. The number of hydrogen-bond acceptors (Lipinski definition) is 1. The van der Waals surface area contributed by atoms with E-state index in [1.54, 1.807) is 0 Å². The van der Waals surface area contributed by atoms with Crippen LogP contribution in [0.5, 0.6) is 0 Å². The van der Waals surface area contributed by atoms with Crippen molar-refractivity contribution in [2.75, 3.05) is 0 Å². The van der Waals surface area contributed by atoms with Gasteiger partial charge in [-0.3, -0.25) is 5.32 Å². The SMILES string of the molecule is [NH+]#C[C@H](Cc1ccccc1)NCc1ccccc1. The van der Waals surface area contributed by atoms with Gasteiger partial charge in [-0.2, -0.15) is 0 Å². The van der Waals surface area contributed by atoms with Crippen LogP contribution in [0.15, 0.2) is 60.7 Å². The fraction of sp³-hybridized carbons (Fsp3) is 0.188. The van der Waals surface area contributed by atoms with E-state index < -0.39 is 0 Å². The van der Waals surface area contributed by atoms with Crippen LogP contribution in [0.1, 0.15) is 11.1 Å². The van der Waals surface area contributed by atoms with Gasteiger partial charge in [0.2, 0.25) is 0 Å². The molecule has 2 aromatic rings. The largest absolute Gasteiger partial charge is 0.294 e. The third-order valence-electron chi connectivity index (χ3n) is 2.85. The van der Waals surface area contributed by atoms with Crippen LogP contribution in [0.2, 0.25) is 0 Å². The molecule has 0 bridgehead atoms. The Morgan fingerprint density at radius 3 is 2.00 bits per heavy atom. The van der Waals surface area contributed by atoms with Gasteiger partial charge >= 0.3 is 0 Å². The van der Waals surface area contributed by atoms with Crippen molar-refractivity contribution in [3.63, 3.8) is 0 Å². The van der Waals surface area contributed by atoms with Gasteiger partial charge in [-0.15, -0.1) is 0 Å². The van der Waals surface area contributed by atoms with Crippen LogP contribution in [0.25, 0.3) is 0 Å². The smallest absolute Gasteiger partial charge is 0.289 e. The lowest BCUT2D eigenvalue weighted by atomic mass is 10.1. The summed E-state index contributed by atoms with van der Waals surface area (Å²) in [6.07, 6.45) is 0.803. The first-order valence-corrected chi connectivity index (χ1v) is 6.12. The van der Waals surface area contributed by atoms with Gasteiger partial charge in [-0.1, -0.05) is 65.9 Å². The molecule has 2 aromatic carbocycles. The average Bonchev–Trinajstić information content (AvgIpc) is 2.45. The molecule has 2 rings (SSSR count). The van der Waals surface area contributed by atoms with E-state index in [4.69, 9.17) is 5.26 Å². The molecule has 18 heavy (non-hydrogen) atoms. The van der Waals surface area contributed by atoms with E-state index in [0.717, 1.165) is 13.0 Å². The average molecular weight is 237 g/mol. The molecule has 0 aliphatic heterocycles. The molecule has 0 aliphatic carbocycles. The second kappa shape index (κ2) is 6.58. The van der Waals surface area contributed by atoms with Crippen LogP contribution in [-0.2, 0) is 13.0 Å². The number of hydrogen-bond donors (Lipinski definition) is 2. The third kappa shape index (κ3) is 3.73. The second-order valence-corrected chi connectivity index (χ2v) is 4.25. The minimum atomic E-state index is -0.0346. The van der Waals surface area contributed by atoms with Crippen molar-refractivity contribution in [1.82, 2.24) is 5.32 Å². The van der Waals surface area contributed by atoms with E-state index in [9.17, 15) is 0 Å². The van der Waals surface area contributed by atoms with Gasteiger partial charge in [0, 0.05) is 13.0 Å². The number of nitrogens with one attached hydrogen (secondary N) is 2. The molecule has 0 aromatic heterocycles. The van der Waals surface area contributed by atoms with Gasteiger partial charge in [0.25, 0.3) is 6.07 Å². The maximum Gasteiger partial charge on any atom is 0.289 e. The highest BCUT2D eigenvalue weighted by Gasteiger charge is 2.10. The molecule has 0 saturated heterocycles. The molecule has 0 aliphatic rings. The van der Waals surface area contributed by atoms with Crippen molar-refractivity contribution in [3.8, 4) is 6.07 Å². The van der Waals surface area contributed by atoms with E-state index in [1.807, 2.05) is 36.4 Å². The van der Waals surface area contributed by atoms with Crippen LogP contribution in [0, 0.1) is 6.07 Å². The molecule has 2 N–H and O–H groups in total. The molecule has 2 nitrogen and oxygen atoms in total. The van der Waals surface area contributed by atoms with Gasteiger partial charge in [-0.05, 0) is 11.1 Å². The topological polar surface area (TPSA) is 35.8 Å². The van der Waals surface area contributed by atoms with Crippen LogP contribution < -0.4 is 10.6 Å². The highest BCUT2D eigenvalue weighted by atomic mass is 14.9. The zero-order valence-electron chi connectivity index (χ0n) is 10.3. The number of rotatable bonds is 5.